The zero-order valence-corrected chi connectivity index (χ0v) is 16.2. The Hall–Kier alpha value is -2.11. The monoisotopic (exact) mass is 399 g/mol. The van der Waals surface area contributed by atoms with Crippen LogP contribution in [-0.4, -0.2) is 36.0 Å². The third-order valence-corrected chi connectivity index (χ3v) is 5.18. The zero-order valence-electron chi connectivity index (χ0n) is 14.7. The van der Waals surface area contributed by atoms with Gasteiger partial charge in [0.1, 0.15) is 0 Å². The molecule has 4 nitrogen and oxygen atoms in total. The molecule has 0 saturated heterocycles. The number of nitrogens with zero attached hydrogens (tertiary/aromatic N) is 2. The SMILES string of the molecule is CN(C)C(CNC(=O)c1ccccc1Br)c1cn(C)c2ccccc12. The van der Waals surface area contributed by atoms with Gasteiger partial charge in [-0.2, -0.15) is 0 Å². The Morgan fingerprint density at radius 2 is 1.84 bits per heavy atom. The van der Waals surface area contributed by atoms with E-state index >= 15 is 0 Å². The summed E-state index contributed by atoms with van der Waals surface area (Å²) in [5.74, 6) is -0.0699. The number of hydrogen-bond acceptors (Lipinski definition) is 2. The maximum atomic E-state index is 12.5. The average Bonchev–Trinajstić information content (AvgIpc) is 2.92. The van der Waals surface area contributed by atoms with Gasteiger partial charge in [-0.05, 0) is 53.8 Å². The summed E-state index contributed by atoms with van der Waals surface area (Å²) in [5, 5.41) is 4.29. The number of aromatic nitrogens is 1. The maximum Gasteiger partial charge on any atom is 0.252 e. The summed E-state index contributed by atoms with van der Waals surface area (Å²) in [5.41, 5.74) is 3.06. The van der Waals surface area contributed by atoms with E-state index in [1.54, 1.807) is 0 Å². The van der Waals surface area contributed by atoms with Gasteiger partial charge in [-0.15, -0.1) is 0 Å². The van der Waals surface area contributed by atoms with Gasteiger partial charge in [-0.3, -0.25) is 4.79 Å². The molecule has 130 valence electrons. The maximum absolute atomic E-state index is 12.5. The van der Waals surface area contributed by atoms with E-state index in [9.17, 15) is 4.79 Å². The summed E-state index contributed by atoms with van der Waals surface area (Å²) >= 11 is 3.44. The molecule has 1 amide bonds. The minimum Gasteiger partial charge on any atom is -0.350 e. The standard InChI is InChI=1S/C20H22BrN3O/c1-23(2)19(12-22-20(25)15-9-4-6-10-17(15)21)16-13-24(3)18-11-7-5-8-14(16)18/h4-11,13,19H,12H2,1-3H3,(H,22,25). The van der Waals surface area contributed by atoms with E-state index in [-0.39, 0.29) is 11.9 Å². The van der Waals surface area contributed by atoms with Crippen LogP contribution in [0.1, 0.15) is 22.0 Å². The number of aryl methyl sites for hydroxylation is 1. The van der Waals surface area contributed by atoms with Crippen molar-refractivity contribution in [3.63, 3.8) is 0 Å². The van der Waals surface area contributed by atoms with Crippen LogP contribution < -0.4 is 5.32 Å². The van der Waals surface area contributed by atoms with Gasteiger partial charge in [0.15, 0.2) is 0 Å². The molecular weight excluding hydrogens is 378 g/mol. The minimum absolute atomic E-state index is 0.0699. The second-order valence-electron chi connectivity index (χ2n) is 6.38. The van der Waals surface area contributed by atoms with Crippen LogP contribution in [0.15, 0.2) is 59.2 Å². The van der Waals surface area contributed by atoms with Crippen LogP contribution in [0.2, 0.25) is 0 Å². The van der Waals surface area contributed by atoms with Crippen molar-refractivity contribution in [1.29, 1.82) is 0 Å². The molecule has 1 N–H and O–H groups in total. The number of rotatable bonds is 5. The molecule has 25 heavy (non-hydrogen) atoms. The number of carbonyl (C=O) groups excluding carboxylic acids is 1. The van der Waals surface area contributed by atoms with Gasteiger partial charge in [0.2, 0.25) is 0 Å². The van der Waals surface area contributed by atoms with Crippen LogP contribution in [0, 0.1) is 0 Å². The number of para-hydroxylation sites is 1. The molecule has 1 heterocycles. The number of benzene rings is 2. The molecule has 1 atom stereocenters. The van der Waals surface area contributed by atoms with Crippen molar-refractivity contribution in [2.75, 3.05) is 20.6 Å². The Labute approximate surface area is 156 Å². The molecule has 3 rings (SSSR count). The van der Waals surface area contributed by atoms with Crippen molar-refractivity contribution in [1.82, 2.24) is 14.8 Å². The molecule has 0 spiro atoms. The molecule has 1 aromatic heterocycles. The smallest absolute Gasteiger partial charge is 0.252 e. The highest BCUT2D eigenvalue weighted by Crippen LogP contribution is 2.28. The summed E-state index contributed by atoms with van der Waals surface area (Å²) in [6.45, 7) is 0.543. The Balaban J connectivity index is 1.85. The predicted octanol–water partition coefficient (Wildman–Crippen LogP) is 3.97. The number of hydrogen-bond donors (Lipinski definition) is 1. The molecular formula is C20H22BrN3O. The van der Waals surface area contributed by atoms with Gasteiger partial charge in [0, 0.05) is 35.2 Å². The number of nitrogens with one attached hydrogen (secondary N) is 1. The van der Waals surface area contributed by atoms with Gasteiger partial charge >= 0.3 is 0 Å². The van der Waals surface area contributed by atoms with E-state index < -0.39 is 0 Å². The molecule has 0 saturated carbocycles. The Kier molecular flexibility index (Phi) is 5.25. The average molecular weight is 400 g/mol. The van der Waals surface area contributed by atoms with Crippen molar-refractivity contribution in [2.45, 2.75) is 6.04 Å². The predicted molar refractivity (Wildman–Crippen MR) is 106 cm³/mol. The number of amides is 1. The van der Waals surface area contributed by atoms with Crippen LogP contribution >= 0.6 is 15.9 Å². The molecule has 0 fully saturated rings. The first-order chi connectivity index (χ1) is 12.0. The fourth-order valence-electron chi connectivity index (χ4n) is 3.14. The molecule has 5 heteroatoms. The lowest BCUT2D eigenvalue weighted by Gasteiger charge is -2.24. The molecule has 0 bridgehead atoms. The van der Waals surface area contributed by atoms with E-state index in [2.05, 4.69) is 62.2 Å². The third-order valence-electron chi connectivity index (χ3n) is 4.48. The van der Waals surface area contributed by atoms with Crippen molar-refractivity contribution in [3.8, 4) is 0 Å². The van der Waals surface area contributed by atoms with Crippen LogP contribution in [-0.2, 0) is 7.05 Å². The van der Waals surface area contributed by atoms with Crippen molar-refractivity contribution in [2.24, 2.45) is 7.05 Å². The van der Waals surface area contributed by atoms with Gasteiger partial charge in [-0.25, -0.2) is 0 Å². The minimum atomic E-state index is -0.0699. The highest BCUT2D eigenvalue weighted by molar-refractivity contribution is 9.10. The Morgan fingerprint density at radius 3 is 2.56 bits per heavy atom. The summed E-state index contributed by atoms with van der Waals surface area (Å²) in [4.78, 5) is 14.7. The van der Waals surface area contributed by atoms with E-state index in [1.807, 2.05) is 44.4 Å². The molecule has 0 aliphatic carbocycles. The largest absolute Gasteiger partial charge is 0.350 e. The lowest BCUT2D eigenvalue weighted by molar-refractivity contribution is 0.0941. The first-order valence-corrected chi connectivity index (χ1v) is 9.01. The highest BCUT2D eigenvalue weighted by atomic mass is 79.9. The first-order valence-electron chi connectivity index (χ1n) is 8.22. The lowest BCUT2D eigenvalue weighted by Crippen LogP contribution is -2.34. The quantitative estimate of drug-likeness (QED) is 0.704. The molecule has 3 aromatic rings. The van der Waals surface area contributed by atoms with Gasteiger partial charge in [-0.1, -0.05) is 30.3 Å². The van der Waals surface area contributed by atoms with Crippen molar-refractivity contribution >= 4 is 32.7 Å². The van der Waals surface area contributed by atoms with E-state index in [1.165, 1.54) is 16.5 Å². The molecule has 2 aromatic carbocycles. The second kappa shape index (κ2) is 7.42. The van der Waals surface area contributed by atoms with Crippen molar-refractivity contribution < 1.29 is 4.79 Å². The Bertz CT molecular complexity index is 901. The summed E-state index contributed by atoms with van der Waals surface area (Å²) in [6, 6.07) is 15.9. The second-order valence-corrected chi connectivity index (χ2v) is 7.24. The number of carbonyl (C=O) groups is 1. The summed E-state index contributed by atoms with van der Waals surface area (Å²) < 4.78 is 2.94. The molecule has 0 aliphatic heterocycles. The number of likely N-dealkylation sites (N-methyl/N-ethyl adjacent to an activating group) is 1. The van der Waals surface area contributed by atoms with Crippen LogP contribution in [0.4, 0.5) is 0 Å². The topological polar surface area (TPSA) is 37.3 Å². The van der Waals surface area contributed by atoms with Crippen LogP contribution in [0.5, 0.6) is 0 Å². The number of fused-ring (bicyclic) bond motifs is 1. The lowest BCUT2D eigenvalue weighted by atomic mass is 10.0. The summed E-state index contributed by atoms with van der Waals surface area (Å²) in [7, 11) is 6.13. The molecule has 0 aliphatic rings. The van der Waals surface area contributed by atoms with Gasteiger partial charge in [0.05, 0.1) is 11.6 Å². The first kappa shape index (κ1) is 17.7. The normalized spacial score (nSPS) is 12.5. The van der Waals surface area contributed by atoms with Crippen molar-refractivity contribution in [3.05, 3.63) is 70.3 Å². The fourth-order valence-corrected chi connectivity index (χ4v) is 3.60. The van der Waals surface area contributed by atoms with E-state index in [0.717, 1.165) is 4.47 Å². The third kappa shape index (κ3) is 3.62. The zero-order chi connectivity index (χ0) is 18.0. The van der Waals surface area contributed by atoms with Crippen LogP contribution in [0.3, 0.4) is 0 Å². The van der Waals surface area contributed by atoms with E-state index in [4.69, 9.17) is 0 Å². The molecule has 1 unspecified atom stereocenters. The van der Waals surface area contributed by atoms with Gasteiger partial charge in [0.25, 0.3) is 5.91 Å². The number of halogens is 1. The fraction of sp³-hybridized carbons (Fsp3) is 0.250. The highest BCUT2D eigenvalue weighted by Gasteiger charge is 2.20. The summed E-state index contributed by atoms with van der Waals surface area (Å²) in [6.07, 6.45) is 2.15. The van der Waals surface area contributed by atoms with E-state index in [0.29, 0.717) is 12.1 Å². The van der Waals surface area contributed by atoms with Gasteiger partial charge < -0.3 is 14.8 Å². The Morgan fingerprint density at radius 1 is 1.16 bits per heavy atom. The molecule has 0 radical (unpaired) electrons. The van der Waals surface area contributed by atoms with Crippen LogP contribution in [0.25, 0.3) is 10.9 Å².